The molecular formula is C9H15NO3. The predicted octanol–water partition coefficient (Wildman–Crippen LogP) is 0.322. The minimum absolute atomic E-state index is 0.00407. The maximum Gasteiger partial charge on any atom is 0.325 e. The molecular weight excluding hydrogens is 170 g/mol. The van der Waals surface area contributed by atoms with Crippen molar-refractivity contribution in [2.24, 2.45) is 11.8 Å². The Bertz CT molecular complexity index is 215. The van der Waals surface area contributed by atoms with Crippen molar-refractivity contribution in [1.82, 2.24) is 5.32 Å². The highest BCUT2D eigenvalue weighted by molar-refractivity contribution is 5.85. The van der Waals surface area contributed by atoms with E-state index in [0.717, 1.165) is 6.42 Å². The van der Waals surface area contributed by atoms with Gasteiger partial charge in [0.05, 0.1) is 6.61 Å². The number of hydrogen-bond donors (Lipinski definition) is 1. The third-order valence-electron chi connectivity index (χ3n) is 2.16. The van der Waals surface area contributed by atoms with Crippen LogP contribution in [0.4, 0.5) is 0 Å². The lowest BCUT2D eigenvalue weighted by Gasteiger charge is -2.03. The van der Waals surface area contributed by atoms with Gasteiger partial charge in [-0.2, -0.15) is 0 Å². The van der Waals surface area contributed by atoms with Crippen LogP contribution in [0.1, 0.15) is 20.3 Å². The van der Waals surface area contributed by atoms with Gasteiger partial charge in [-0.25, -0.2) is 0 Å². The molecule has 0 radical (unpaired) electrons. The van der Waals surface area contributed by atoms with Gasteiger partial charge in [0, 0.05) is 5.92 Å². The highest BCUT2D eigenvalue weighted by Gasteiger charge is 2.38. The standard InChI is InChI=1S/C9H15NO3/c1-3-13-8(11)5-10-9(12)7-4-6(7)2/h6-7H,3-5H2,1-2H3,(H,10,12). The van der Waals surface area contributed by atoms with E-state index in [4.69, 9.17) is 0 Å². The summed E-state index contributed by atoms with van der Waals surface area (Å²) in [7, 11) is 0. The highest BCUT2D eigenvalue weighted by atomic mass is 16.5. The van der Waals surface area contributed by atoms with E-state index in [0.29, 0.717) is 12.5 Å². The first-order chi connectivity index (χ1) is 6.15. The average molecular weight is 185 g/mol. The number of hydrogen-bond acceptors (Lipinski definition) is 3. The molecule has 2 atom stereocenters. The Morgan fingerprint density at radius 1 is 1.54 bits per heavy atom. The van der Waals surface area contributed by atoms with Gasteiger partial charge in [-0.05, 0) is 19.3 Å². The van der Waals surface area contributed by atoms with Crippen LogP contribution in [0.15, 0.2) is 0 Å². The Kier molecular flexibility index (Phi) is 3.28. The van der Waals surface area contributed by atoms with Crippen LogP contribution >= 0.6 is 0 Å². The molecule has 0 bridgehead atoms. The fraction of sp³-hybridized carbons (Fsp3) is 0.778. The van der Waals surface area contributed by atoms with Crippen molar-refractivity contribution in [2.75, 3.05) is 13.2 Å². The summed E-state index contributed by atoms with van der Waals surface area (Å²) in [4.78, 5) is 22.0. The molecule has 1 amide bonds. The molecule has 1 N–H and O–H groups in total. The lowest BCUT2D eigenvalue weighted by Crippen LogP contribution is -2.31. The van der Waals surface area contributed by atoms with Crippen LogP contribution in [-0.4, -0.2) is 25.0 Å². The fourth-order valence-electron chi connectivity index (χ4n) is 1.19. The van der Waals surface area contributed by atoms with Gasteiger partial charge in [-0.1, -0.05) is 6.92 Å². The molecule has 1 aliphatic rings. The molecule has 0 aliphatic heterocycles. The summed E-state index contributed by atoms with van der Waals surface area (Å²) in [5.41, 5.74) is 0. The first kappa shape index (κ1) is 10.0. The molecule has 0 saturated heterocycles. The number of esters is 1. The molecule has 1 fully saturated rings. The summed E-state index contributed by atoms with van der Waals surface area (Å²) in [5, 5.41) is 2.55. The summed E-state index contributed by atoms with van der Waals surface area (Å²) in [6.45, 7) is 4.11. The third kappa shape index (κ3) is 3.05. The van der Waals surface area contributed by atoms with Crippen molar-refractivity contribution in [3.05, 3.63) is 0 Å². The van der Waals surface area contributed by atoms with Crippen LogP contribution in [0, 0.1) is 11.8 Å². The first-order valence-electron chi connectivity index (χ1n) is 4.58. The number of rotatable bonds is 4. The molecule has 74 valence electrons. The molecule has 0 aromatic rings. The van der Waals surface area contributed by atoms with Gasteiger partial charge in [-0.3, -0.25) is 9.59 Å². The lowest BCUT2D eigenvalue weighted by molar-refractivity contribution is -0.143. The van der Waals surface area contributed by atoms with E-state index in [-0.39, 0.29) is 24.3 Å². The molecule has 0 heterocycles. The number of carbonyl (C=O) groups excluding carboxylic acids is 2. The quantitative estimate of drug-likeness (QED) is 0.642. The number of amides is 1. The van der Waals surface area contributed by atoms with E-state index in [2.05, 4.69) is 10.1 Å². The van der Waals surface area contributed by atoms with Gasteiger partial charge in [0.2, 0.25) is 5.91 Å². The van der Waals surface area contributed by atoms with Gasteiger partial charge in [0.25, 0.3) is 0 Å². The summed E-state index contributed by atoms with van der Waals surface area (Å²) in [6, 6.07) is 0. The SMILES string of the molecule is CCOC(=O)CNC(=O)C1CC1C. The first-order valence-corrected chi connectivity index (χ1v) is 4.58. The smallest absolute Gasteiger partial charge is 0.325 e. The van der Waals surface area contributed by atoms with Crippen LogP contribution in [0.5, 0.6) is 0 Å². The number of carbonyl (C=O) groups is 2. The third-order valence-corrected chi connectivity index (χ3v) is 2.16. The molecule has 0 aromatic carbocycles. The largest absolute Gasteiger partial charge is 0.465 e. The average Bonchev–Trinajstić information content (AvgIpc) is 2.79. The Morgan fingerprint density at radius 3 is 2.62 bits per heavy atom. The summed E-state index contributed by atoms with van der Waals surface area (Å²) in [6.07, 6.45) is 0.939. The van der Waals surface area contributed by atoms with E-state index >= 15 is 0 Å². The molecule has 4 nitrogen and oxygen atoms in total. The fourth-order valence-corrected chi connectivity index (χ4v) is 1.19. The lowest BCUT2D eigenvalue weighted by atomic mass is 10.3. The van der Waals surface area contributed by atoms with Crippen molar-refractivity contribution in [1.29, 1.82) is 0 Å². The highest BCUT2D eigenvalue weighted by Crippen LogP contribution is 2.37. The molecule has 1 rings (SSSR count). The monoisotopic (exact) mass is 185 g/mol. The summed E-state index contributed by atoms with van der Waals surface area (Å²) < 4.78 is 4.67. The van der Waals surface area contributed by atoms with Crippen molar-refractivity contribution in [3.63, 3.8) is 0 Å². The molecule has 4 heteroatoms. The van der Waals surface area contributed by atoms with Crippen molar-refractivity contribution >= 4 is 11.9 Å². The minimum Gasteiger partial charge on any atom is -0.465 e. The predicted molar refractivity (Wildman–Crippen MR) is 46.9 cm³/mol. The van der Waals surface area contributed by atoms with E-state index in [1.165, 1.54) is 0 Å². The second kappa shape index (κ2) is 4.25. The topological polar surface area (TPSA) is 55.4 Å². The van der Waals surface area contributed by atoms with E-state index < -0.39 is 0 Å². The van der Waals surface area contributed by atoms with Crippen LogP contribution in [-0.2, 0) is 14.3 Å². The van der Waals surface area contributed by atoms with E-state index in [9.17, 15) is 9.59 Å². The number of nitrogens with one attached hydrogen (secondary N) is 1. The minimum atomic E-state index is -0.371. The van der Waals surface area contributed by atoms with Crippen molar-refractivity contribution in [3.8, 4) is 0 Å². The maximum absolute atomic E-state index is 11.2. The van der Waals surface area contributed by atoms with E-state index in [1.807, 2.05) is 6.92 Å². The molecule has 1 aliphatic carbocycles. The van der Waals surface area contributed by atoms with Gasteiger partial charge in [-0.15, -0.1) is 0 Å². The second-order valence-corrected chi connectivity index (χ2v) is 3.34. The number of ether oxygens (including phenoxy) is 1. The zero-order valence-electron chi connectivity index (χ0n) is 8.00. The van der Waals surface area contributed by atoms with Gasteiger partial charge in [0.15, 0.2) is 0 Å². The zero-order chi connectivity index (χ0) is 9.84. The van der Waals surface area contributed by atoms with Crippen LogP contribution in [0.25, 0.3) is 0 Å². The molecule has 2 unspecified atom stereocenters. The summed E-state index contributed by atoms with van der Waals surface area (Å²) in [5.74, 6) is 0.196. The van der Waals surface area contributed by atoms with Crippen molar-refractivity contribution < 1.29 is 14.3 Å². The van der Waals surface area contributed by atoms with Gasteiger partial charge < -0.3 is 10.1 Å². The van der Waals surface area contributed by atoms with Crippen molar-refractivity contribution in [2.45, 2.75) is 20.3 Å². The van der Waals surface area contributed by atoms with Crippen LogP contribution in [0.2, 0.25) is 0 Å². The van der Waals surface area contributed by atoms with Gasteiger partial charge in [0.1, 0.15) is 6.54 Å². The Hall–Kier alpha value is -1.06. The summed E-state index contributed by atoms with van der Waals surface area (Å²) >= 11 is 0. The van der Waals surface area contributed by atoms with E-state index in [1.54, 1.807) is 6.92 Å². The van der Waals surface area contributed by atoms with Gasteiger partial charge >= 0.3 is 5.97 Å². The second-order valence-electron chi connectivity index (χ2n) is 3.34. The maximum atomic E-state index is 11.2. The van der Waals surface area contributed by atoms with Crippen LogP contribution in [0.3, 0.4) is 0 Å². The molecule has 0 spiro atoms. The molecule has 0 aromatic heterocycles. The molecule has 1 saturated carbocycles. The molecule has 13 heavy (non-hydrogen) atoms. The zero-order valence-corrected chi connectivity index (χ0v) is 8.00. The Morgan fingerprint density at radius 2 is 2.15 bits per heavy atom. The Labute approximate surface area is 77.6 Å². The normalized spacial score (nSPS) is 25.1. The van der Waals surface area contributed by atoms with Crippen LogP contribution < -0.4 is 5.32 Å². The Balaban J connectivity index is 2.11.